The van der Waals surface area contributed by atoms with Crippen LogP contribution in [0.2, 0.25) is 5.02 Å². The smallest absolute Gasteiger partial charge is 0.261 e. The summed E-state index contributed by atoms with van der Waals surface area (Å²) in [6, 6.07) is 21.0. The molecule has 0 spiro atoms. The van der Waals surface area contributed by atoms with Crippen LogP contribution in [0.5, 0.6) is 0 Å². The molecule has 0 aliphatic rings. The lowest BCUT2D eigenvalue weighted by Gasteiger charge is -2.10. The Hall–Kier alpha value is -2.83. The second kappa shape index (κ2) is 7.59. The number of anilines is 2. The van der Waals surface area contributed by atoms with Crippen LogP contribution in [0, 0.1) is 0 Å². The fourth-order valence-electron chi connectivity index (χ4n) is 2.27. The van der Waals surface area contributed by atoms with Gasteiger partial charge in [0.2, 0.25) is 0 Å². The van der Waals surface area contributed by atoms with E-state index >= 15 is 0 Å². The van der Waals surface area contributed by atoms with Crippen molar-refractivity contribution in [2.75, 3.05) is 10.0 Å². The summed E-state index contributed by atoms with van der Waals surface area (Å²) in [5.41, 5.74) is 1.22. The molecule has 2 N–H and O–H groups in total. The number of carbonyl (C=O) groups excluding carboxylic acids is 1. The van der Waals surface area contributed by atoms with Crippen LogP contribution in [-0.4, -0.2) is 14.3 Å². The molecular weight excluding hydrogens is 372 g/mol. The molecular formula is C19H15ClN2O3S. The molecule has 0 radical (unpaired) electrons. The maximum atomic E-state index is 12.4. The minimum absolute atomic E-state index is 0.149. The molecule has 3 aromatic rings. The Morgan fingerprint density at radius 2 is 1.50 bits per heavy atom. The summed E-state index contributed by atoms with van der Waals surface area (Å²) >= 11 is 5.82. The van der Waals surface area contributed by atoms with E-state index in [1.54, 1.807) is 60.7 Å². The molecule has 7 heteroatoms. The van der Waals surface area contributed by atoms with Gasteiger partial charge in [0.05, 0.1) is 4.90 Å². The number of hydrogen-bond acceptors (Lipinski definition) is 3. The minimum Gasteiger partial charge on any atom is -0.322 e. The van der Waals surface area contributed by atoms with Gasteiger partial charge in [-0.2, -0.15) is 0 Å². The number of carbonyl (C=O) groups is 1. The van der Waals surface area contributed by atoms with Crippen molar-refractivity contribution in [2.45, 2.75) is 4.90 Å². The van der Waals surface area contributed by atoms with Crippen molar-refractivity contribution >= 4 is 38.9 Å². The van der Waals surface area contributed by atoms with Crippen molar-refractivity contribution in [1.82, 2.24) is 0 Å². The molecule has 0 atom stereocenters. The lowest BCUT2D eigenvalue weighted by Crippen LogP contribution is -2.15. The molecule has 1 amide bonds. The first-order valence-corrected chi connectivity index (χ1v) is 9.55. The molecule has 3 aromatic carbocycles. The van der Waals surface area contributed by atoms with Gasteiger partial charge in [0, 0.05) is 22.0 Å². The van der Waals surface area contributed by atoms with E-state index in [0.717, 1.165) is 0 Å². The van der Waals surface area contributed by atoms with Gasteiger partial charge in [0.1, 0.15) is 0 Å². The van der Waals surface area contributed by atoms with Crippen LogP contribution in [0.15, 0.2) is 83.8 Å². The molecule has 0 saturated heterocycles. The van der Waals surface area contributed by atoms with Crippen LogP contribution in [-0.2, 0) is 10.0 Å². The third-order valence-electron chi connectivity index (χ3n) is 3.53. The van der Waals surface area contributed by atoms with Gasteiger partial charge in [-0.05, 0) is 54.6 Å². The number of nitrogens with one attached hydrogen (secondary N) is 2. The molecule has 26 heavy (non-hydrogen) atoms. The molecule has 0 aromatic heterocycles. The highest BCUT2D eigenvalue weighted by Gasteiger charge is 2.14. The van der Waals surface area contributed by atoms with E-state index < -0.39 is 10.0 Å². The molecule has 0 bridgehead atoms. The van der Waals surface area contributed by atoms with Crippen LogP contribution in [0.1, 0.15) is 10.4 Å². The fourth-order valence-corrected chi connectivity index (χ4v) is 3.47. The van der Waals surface area contributed by atoms with Crippen LogP contribution in [0.3, 0.4) is 0 Å². The second-order valence-corrected chi connectivity index (χ2v) is 7.58. The summed E-state index contributed by atoms with van der Waals surface area (Å²) in [5, 5.41) is 3.30. The lowest BCUT2D eigenvalue weighted by atomic mass is 10.2. The van der Waals surface area contributed by atoms with E-state index in [2.05, 4.69) is 10.0 Å². The van der Waals surface area contributed by atoms with Crippen molar-refractivity contribution in [3.8, 4) is 0 Å². The molecule has 0 fully saturated rings. The zero-order chi connectivity index (χ0) is 18.6. The third kappa shape index (κ3) is 4.41. The topological polar surface area (TPSA) is 75.3 Å². The summed E-state index contributed by atoms with van der Waals surface area (Å²) in [4.78, 5) is 12.5. The van der Waals surface area contributed by atoms with E-state index in [9.17, 15) is 13.2 Å². The van der Waals surface area contributed by atoms with Gasteiger partial charge >= 0.3 is 0 Å². The highest BCUT2D eigenvalue weighted by atomic mass is 35.5. The number of rotatable bonds is 5. The Kier molecular flexibility index (Phi) is 5.25. The molecule has 3 rings (SSSR count). The molecule has 132 valence electrons. The summed E-state index contributed by atoms with van der Waals surface area (Å²) in [7, 11) is -3.72. The normalized spacial score (nSPS) is 11.0. The van der Waals surface area contributed by atoms with Gasteiger partial charge in [0.25, 0.3) is 15.9 Å². The van der Waals surface area contributed by atoms with Gasteiger partial charge in [0.15, 0.2) is 0 Å². The van der Waals surface area contributed by atoms with Crippen molar-refractivity contribution < 1.29 is 13.2 Å². The van der Waals surface area contributed by atoms with Crippen LogP contribution >= 0.6 is 11.6 Å². The SMILES string of the molecule is O=C(Nc1ccc(Cl)cc1)c1cccc(NS(=O)(=O)c2ccccc2)c1. The molecule has 0 aliphatic heterocycles. The maximum absolute atomic E-state index is 12.4. The zero-order valence-corrected chi connectivity index (χ0v) is 15.1. The number of sulfonamides is 1. The first kappa shape index (κ1) is 18.0. The average molecular weight is 387 g/mol. The van der Waals surface area contributed by atoms with Gasteiger partial charge in [-0.1, -0.05) is 35.9 Å². The minimum atomic E-state index is -3.72. The molecule has 0 aliphatic carbocycles. The van der Waals surface area contributed by atoms with E-state index in [-0.39, 0.29) is 10.8 Å². The van der Waals surface area contributed by atoms with Gasteiger partial charge in [-0.15, -0.1) is 0 Å². The van der Waals surface area contributed by atoms with Crippen LogP contribution in [0.4, 0.5) is 11.4 Å². The van der Waals surface area contributed by atoms with Crippen LogP contribution in [0.25, 0.3) is 0 Å². The summed E-state index contributed by atoms with van der Waals surface area (Å²) in [5.74, 6) is -0.354. The molecule has 0 saturated carbocycles. The van der Waals surface area contributed by atoms with E-state index in [1.165, 1.54) is 18.2 Å². The second-order valence-electron chi connectivity index (χ2n) is 5.46. The molecule has 0 heterocycles. The maximum Gasteiger partial charge on any atom is 0.261 e. The first-order chi connectivity index (χ1) is 12.4. The molecule has 5 nitrogen and oxygen atoms in total. The highest BCUT2D eigenvalue weighted by molar-refractivity contribution is 7.92. The van der Waals surface area contributed by atoms with Crippen molar-refractivity contribution in [1.29, 1.82) is 0 Å². The first-order valence-electron chi connectivity index (χ1n) is 7.69. The largest absolute Gasteiger partial charge is 0.322 e. The van der Waals surface area contributed by atoms with E-state index in [0.29, 0.717) is 22.0 Å². The Labute approximate surface area is 156 Å². The Morgan fingerprint density at radius 1 is 0.808 bits per heavy atom. The Balaban J connectivity index is 1.77. The van der Waals surface area contributed by atoms with Gasteiger partial charge in [-0.3, -0.25) is 9.52 Å². The Morgan fingerprint density at radius 3 is 2.19 bits per heavy atom. The summed E-state index contributed by atoms with van der Waals surface area (Å²) in [6.07, 6.45) is 0. The highest BCUT2D eigenvalue weighted by Crippen LogP contribution is 2.19. The fraction of sp³-hybridized carbons (Fsp3) is 0. The van der Waals surface area contributed by atoms with Crippen molar-refractivity contribution in [2.24, 2.45) is 0 Å². The van der Waals surface area contributed by atoms with E-state index in [4.69, 9.17) is 11.6 Å². The van der Waals surface area contributed by atoms with E-state index in [1.807, 2.05) is 0 Å². The predicted octanol–water partition coefficient (Wildman–Crippen LogP) is 4.39. The number of amides is 1. The summed E-state index contributed by atoms with van der Waals surface area (Å²) < 4.78 is 27.2. The van der Waals surface area contributed by atoms with Crippen molar-refractivity contribution in [3.05, 3.63) is 89.4 Å². The number of hydrogen-bond donors (Lipinski definition) is 2. The summed E-state index contributed by atoms with van der Waals surface area (Å²) in [6.45, 7) is 0. The third-order valence-corrected chi connectivity index (χ3v) is 5.18. The van der Waals surface area contributed by atoms with Crippen molar-refractivity contribution in [3.63, 3.8) is 0 Å². The predicted molar refractivity (Wildman–Crippen MR) is 103 cm³/mol. The average Bonchev–Trinajstić information content (AvgIpc) is 2.64. The standard InChI is InChI=1S/C19H15ClN2O3S/c20-15-9-11-16(12-10-15)21-19(23)14-5-4-6-17(13-14)22-26(24,25)18-7-2-1-3-8-18/h1-13,22H,(H,21,23). The van der Waals surface area contributed by atoms with Gasteiger partial charge in [-0.25, -0.2) is 8.42 Å². The quantitative estimate of drug-likeness (QED) is 0.682. The number of benzene rings is 3. The monoisotopic (exact) mass is 386 g/mol. The molecule has 0 unspecified atom stereocenters. The Bertz CT molecular complexity index is 1020. The zero-order valence-electron chi connectivity index (χ0n) is 13.5. The van der Waals surface area contributed by atoms with Gasteiger partial charge < -0.3 is 5.32 Å². The lowest BCUT2D eigenvalue weighted by molar-refractivity contribution is 0.102. The number of halogens is 1. The van der Waals surface area contributed by atoms with Crippen LogP contribution < -0.4 is 10.0 Å².